The highest BCUT2D eigenvalue weighted by Crippen LogP contribution is 2.51. The number of nitrogens with one attached hydrogen (secondary N) is 1. The number of allylic oxidation sites excluding steroid dienone is 1. The number of imidazole rings is 1. The molecule has 0 spiro atoms. The summed E-state index contributed by atoms with van der Waals surface area (Å²) in [7, 11) is 2.17. The van der Waals surface area contributed by atoms with Crippen LogP contribution in [0.25, 0.3) is 16.6 Å². The van der Waals surface area contributed by atoms with Crippen molar-refractivity contribution in [2.45, 2.75) is 44.1 Å². The van der Waals surface area contributed by atoms with Crippen LogP contribution in [0.1, 0.15) is 42.9 Å². The quantitative estimate of drug-likeness (QED) is 0.560. The highest BCUT2D eigenvalue weighted by Gasteiger charge is 2.46. The minimum atomic E-state index is -0.559. The molecule has 5 nitrogen and oxygen atoms in total. The molecule has 6 heteroatoms. The summed E-state index contributed by atoms with van der Waals surface area (Å²) in [5.41, 5.74) is 2.97. The highest BCUT2D eigenvalue weighted by atomic mass is 32.1. The summed E-state index contributed by atoms with van der Waals surface area (Å²) in [6.07, 6.45) is 10.3. The van der Waals surface area contributed by atoms with E-state index in [4.69, 9.17) is 0 Å². The first-order valence-electron chi connectivity index (χ1n) is 11.1. The molecular formula is C24H30N4OS. The van der Waals surface area contributed by atoms with Crippen molar-refractivity contribution in [2.75, 3.05) is 20.1 Å². The van der Waals surface area contributed by atoms with Crippen LogP contribution in [0.2, 0.25) is 0 Å². The number of benzene rings is 1. The molecule has 2 N–H and O–H groups in total. The molecule has 3 unspecified atom stereocenters. The highest BCUT2D eigenvalue weighted by molar-refractivity contribution is 7.10. The Bertz CT molecular complexity index is 994. The summed E-state index contributed by atoms with van der Waals surface area (Å²) in [5.74, 6) is 1.79. The fourth-order valence-electron chi connectivity index (χ4n) is 5.22. The third-order valence-corrected chi connectivity index (χ3v) is 7.76. The molecule has 2 heterocycles. The van der Waals surface area contributed by atoms with Gasteiger partial charge < -0.3 is 15.0 Å². The Morgan fingerprint density at radius 3 is 2.93 bits per heavy atom. The average Bonchev–Trinajstić information content (AvgIpc) is 3.42. The topological polar surface area (TPSA) is 65.0 Å². The Labute approximate surface area is 181 Å². The van der Waals surface area contributed by atoms with Gasteiger partial charge in [0.1, 0.15) is 10.8 Å². The predicted molar refractivity (Wildman–Crippen MR) is 122 cm³/mol. The first kappa shape index (κ1) is 19.9. The number of aromatic amines is 1. The molecule has 2 aromatic heterocycles. The van der Waals surface area contributed by atoms with E-state index in [0.717, 1.165) is 67.1 Å². The standard InChI is InChI=1S/C24H30N4OS/c1-28(12-4-7-22-26-20-5-2-3-6-21(20)27-22)13-10-24(29)16-17-8-9-18(24)15-19(17)23-25-11-14-30-23/h2-3,5-6,11,14-15,17-18,29H,4,7-10,12-13,16H2,1H3,(H,26,27). The lowest BCUT2D eigenvalue weighted by Gasteiger charge is -2.47. The lowest BCUT2D eigenvalue weighted by molar-refractivity contribution is -0.0574. The molecule has 2 bridgehead atoms. The van der Waals surface area contributed by atoms with Crippen molar-refractivity contribution < 1.29 is 5.11 Å². The fraction of sp³-hybridized carbons (Fsp3) is 0.500. The molecule has 1 fully saturated rings. The van der Waals surface area contributed by atoms with Crippen LogP contribution in [0.3, 0.4) is 0 Å². The summed E-state index contributed by atoms with van der Waals surface area (Å²) in [4.78, 5) is 14.9. The van der Waals surface area contributed by atoms with Gasteiger partial charge in [0.25, 0.3) is 0 Å². The van der Waals surface area contributed by atoms with E-state index in [1.807, 2.05) is 23.7 Å². The largest absolute Gasteiger partial charge is 0.389 e. The smallest absolute Gasteiger partial charge is 0.119 e. The fourth-order valence-corrected chi connectivity index (χ4v) is 5.97. The summed E-state index contributed by atoms with van der Waals surface area (Å²) in [6, 6.07) is 8.19. The van der Waals surface area contributed by atoms with Crippen LogP contribution in [0.4, 0.5) is 0 Å². The molecule has 158 valence electrons. The molecule has 1 aromatic carbocycles. The first-order chi connectivity index (χ1) is 14.6. The molecule has 3 aliphatic rings. The molecule has 3 aliphatic carbocycles. The normalized spacial score (nSPS) is 25.9. The van der Waals surface area contributed by atoms with Gasteiger partial charge in [0, 0.05) is 30.5 Å². The molecular weight excluding hydrogens is 392 g/mol. The number of hydrogen-bond donors (Lipinski definition) is 2. The maximum atomic E-state index is 11.4. The Morgan fingerprint density at radius 1 is 1.27 bits per heavy atom. The van der Waals surface area contributed by atoms with Gasteiger partial charge >= 0.3 is 0 Å². The summed E-state index contributed by atoms with van der Waals surface area (Å²) < 4.78 is 0. The lowest BCUT2D eigenvalue weighted by Crippen LogP contribution is -2.48. The van der Waals surface area contributed by atoms with Crippen molar-refractivity contribution in [1.82, 2.24) is 19.9 Å². The van der Waals surface area contributed by atoms with Crippen LogP contribution in [0.5, 0.6) is 0 Å². The maximum absolute atomic E-state index is 11.4. The van der Waals surface area contributed by atoms with Crippen LogP contribution in [-0.2, 0) is 6.42 Å². The van der Waals surface area contributed by atoms with E-state index < -0.39 is 5.60 Å². The van der Waals surface area contributed by atoms with Gasteiger partial charge in [-0.2, -0.15) is 0 Å². The molecule has 6 rings (SSSR count). The van der Waals surface area contributed by atoms with Crippen molar-refractivity contribution in [3.63, 3.8) is 0 Å². The van der Waals surface area contributed by atoms with Crippen molar-refractivity contribution >= 4 is 27.9 Å². The van der Waals surface area contributed by atoms with E-state index >= 15 is 0 Å². The Morgan fingerprint density at radius 2 is 2.17 bits per heavy atom. The second-order valence-corrected chi connectivity index (χ2v) is 9.90. The minimum absolute atomic E-state index is 0.269. The molecule has 0 amide bonds. The van der Waals surface area contributed by atoms with Crippen molar-refractivity contribution in [3.8, 4) is 0 Å². The Balaban J connectivity index is 1.12. The molecule has 3 aromatic rings. The number of hydrogen-bond acceptors (Lipinski definition) is 5. The van der Waals surface area contributed by atoms with Gasteiger partial charge in [-0.15, -0.1) is 11.3 Å². The van der Waals surface area contributed by atoms with Crippen LogP contribution in [0.15, 0.2) is 41.9 Å². The maximum Gasteiger partial charge on any atom is 0.119 e. The SMILES string of the molecule is CN(CCCc1nc2ccccc2[nH]1)CCC1(O)CC2CCC1C=C2c1nccs1. The Kier molecular flexibility index (Phi) is 5.48. The second-order valence-electron chi connectivity index (χ2n) is 9.01. The number of aliphatic hydroxyl groups is 1. The van der Waals surface area contributed by atoms with E-state index in [1.165, 1.54) is 12.0 Å². The number of aromatic nitrogens is 3. The molecule has 0 aliphatic heterocycles. The number of thiazole rings is 1. The average molecular weight is 423 g/mol. The third-order valence-electron chi connectivity index (χ3n) is 6.93. The summed E-state index contributed by atoms with van der Waals surface area (Å²) in [6.45, 7) is 1.95. The zero-order chi connectivity index (χ0) is 20.6. The van der Waals surface area contributed by atoms with Gasteiger partial charge in [0.2, 0.25) is 0 Å². The number of para-hydroxylation sites is 2. The monoisotopic (exact) mass is 422 g/mol. The summed E-state index contributed by atoms with van der Waals surface area (Å²) in [5, 5.41) is 14.6. The molecule has 30 heavy (non-hydrogen) atoms. The van der Waals surface area contributed by atoms with Gasteiger partial charge in [0.05, 0.1) is 16.6 Å². The number of nitrogens with zero attached hydrogens (tertiary/aromatic N) is 3. The van der Waals surface area contributed by atoms with Crippen LogP contribution < -0.4 is 0 Å². The third kappa shape index (κ3) is 3.96. The van der Waals surface area contributed by atoms with Gasteiger partial charge in [-0.05, 0) is 69.3 Å². The van der Waals surface area contributed by atoms with Gasteiger partial charge in [-0.25, -0.2) is 9.97 Å². The van der Waals surface area contributed by atoms with E-state index in [2.05, 4.69) is 45.1 Å². The summed E-state index contributed by atoms with van der Waals surface area (Å²) >= 11 is 1.72. The van der Waals surface area contributed by atoms with E-state index in [-0.39, 0.29) is 5.92 Å². The molecule has 0 radical (unpaired) electrons. The number of fused-ring (bicyclic) bond motifs is 3. The van der Waals surface area contributed by atoms with E-state index in [1.54, 1.807) is 11.3 Å². The molecule has 3 atom stereocenters. The second kappa shape index (κ2) is 8.25. The number of rotatable bonds is 8. The lowest BCUT2D eigenvalue weighted by atomic mass is 9.62. The molecule has 0 saturated heterocycles. The first-order valence-corrected chi connectivity index (χ1v) is 11.9. The van der Waals surface area contributed by atoms with Gasteiger partial charge in [-0.3, -0.25) is 0 Å². The predicted octanol–water partition coefficient (Wildman–Crippen LogP) is 4.52. The Hall–Kier alpha value is -2.02. The zero-order valence-electron chi connectivity index (χ0n) is 17.6. The van der Waals surface area contributed by atoms with Crippen LogP contribution >= 0.6 is 11.3 Å². The van der Waals surface area contributed by atoms with Crippen molar-refractivity contribution in [1.29, 1.82) is 0 Å². The van der Waals surface area contributed by atoms with E-state index in [9.17, 15) is 5.11 Å². The zero-order valence-corrected chi connectivity index (χ0v) is 18.4. The molecule has 1 saturated carbocycles. The van der Waals surface area contributed by atoms with Crippen LogP contribution in [-0.4, -0.2) is 50.7 Å². The van der Waals surface area contributed by atoms with Gasteiger partial charge in [0.15, 0.2) is 0 Å². The number of aryl methyl sites for hydroxylation is 1. The minimum Gasteiger partial charge on any atom is -0.389 e. The number of H-pyrrole nitrogens is 1. The van der Waals surface area contributed by atoms with Crippen molar-refractivity contribution in [2.24, 2.45) is 11.8 Å². The van der Waals surface area contributed by atoms with Crippen LogP contribution in [0, 0.1) is 11.8 Å². The van der Waals surface area contributed by atoms with Gasteiger partial charge in [-0.1, -0.05) is 18.2 Å². The van der Waals surface area contributed by atoms with E-state index in [0.29, 0.717) is 5.92 Å². The van der Waals surface area contributed by atoms with Crippen molar-refractivity contribution in [3.05, 3.63) is 52.8 Å².